The van der Waals surface area contributed by atoms with E-state index in [0.29, 0.717) is 25.0 Å². The van der Waals surface area contributed by atoms with Crippen molar-refractivity contribution in [2.45, 2.75) is 25.3 Å². The van der Waals surface area contributed by atoms with Gasteiger partial charge in [-0.3, -0.25) is 9.59 Å². The molecule has 1 aliphatic heterocycles. The molecule has 0 saturated heterocycles. The summed E-state index contributed by atoms with van der Waals surface area (Å²) in [6.45, 7) is 0. The second-order valence-corrected chi connectivity index (χ2v) is 8.47. The minimum Gasteiger partial charge on any atom is -0.383 e. The van der Waals surface area contributed by atoms with Crippen LogP contribution in [-0.2, 0) is 17.6 Å². The van der Waals surface area contributed by atoms with E-state index in [1.54, 1.807) is 18.0 Å². The summed E-state index contributed by atoms with van der Waals surface area (Å²) < 4.78 is 5.34. The third kappa shape index (κ3) is 5.31. The number of anilines is 1. The van der Waals surface area contributed by atoms with Crippen LogP contribution in [0, 0.1) is 0 Å². The molecule has 2 heterocycles. The van der Waals surface area contributed by atoms with E-state index in [1.807, 2.05) is 79.8 Å². The van der Waals surface area contributed by atoms with Crippen molar-refractivity contribution in [3.05, 3.63) is 88.9 Å². The van der Waals surface area contributed by atoms with Crippen molar-refractivity contribution >= 4 is 23.6 Å². The molecule has 3 aromatic rings. The van der Waals surface area contributed by atoms with E-state index in [-0.39, 0.29) is 11.6 Å². The fraction of sp³-hybridized carbons (Fsp3) is 0.269. The Bertz CT molecular complexity index is 1170. The lowest BCUT2D eigenvalue weighted by Gasteiger charge is -2.22. The molecular formula is C26H28N4O3. The molecule has 7 nitrogen and oxygen atoms in total. The molecule has 4 rings (SSSR count). The van der Waals surface area contributed by atoms with E-state index in [9.17, 15) is 9.59 Å². The van der Waals surface area contributed by atoms with Gasteiger partial charge in [0.15, 0.2) is 5.69 Å². The Morgan fingerprint density at radius 3 is 2.76 bits per heavy atom. The summed E-state index contributed by atoms with van der Waals surface area (Å²) in [6, 6.07) is 16.9. The van der Waals surface area contributed by atoms with E-state index >= 15 is 0 Å². The molecule has 2 amide bonds. The Balaban J connectivity index is 1.45. The largest absolute Gasteiger partial charge is 0.383 e. The maximum absolute atomic E-state index is 13.1. The van der Waals surface area contributed by atoms with Crippen LogP contribution in [0.4, 0.5) is 5.69 Å². The van der Waals surface area contributed by atoms with Crippen LogP contribution in [-0.4, -0.2) is 49.1 Å². The predicted molar refractivity (Wildman–Crippen MR) is 128 cm³/mol. The molecule has 0 aliphatic carbocycles. The molecule has 2 aromatic carbocycles. The van der Waals surface area contributed by atoms with Crippen molar-refractivity contribution in [1.29, 1.82) is 0 Å². The molecule has 1 atom stereocenters. The van der Waals surface area contributed by atoms with Gasteiger partial charge >= 0.3 is 0 Å². The van der Waals surface area contributed by atoms with Gasteiger partial charge in [-0.1, -0.05) is 47.6 Å². The van der Waals surface area contributed by atoms with Gasteiger partial charge < -0.3 is 19.6 Å². The zero-order chi connectivity index (χ0) is 23.4. The minimum atomic E-state index is -0.634. The molecular weight excluding hydrogens is 416 g/mol. The molecule has 0 fully saturated rings. The number of likely N-dealkylation sites (N-methyl/N-ethyl adjacent to an activating group) is 1. The van der Waals surface area contributed by atoms with Gasteiger partial charge in [-0.25, -0.2) is 0 Å². The van der Waals surface area contributed by atoms with Gasteiger partial charge in [0.25, 0.3) is 5.91 Å². The Hall–Kier alpha value is -3.87. The SMILES string of the molecule is CN(C)/C=C\c1ccc2c(c1)N(C)C(=O)[C@H](NC(=O)c1cc(Cc3ccccc3)on1)CC2. The molecule has 33 heavy (non-hydrogen) atoms. The number of nitrogens with one attached hydrogen (secondary N) is 1. The third-order valence-corrected chi connectivity index (χ3v) is 5.68. The molecule has 1 N–H and O–H groups in total. The monoisotopic (exact) mass is 444 g/mol. The number of hydrogen-bond acceptors (Lipinski definition) is 5. The quantitative estimate of drug-likeness (QED) is 0.630. The van der Waals surface area contributed by atoms with Crippen LogP contribution in [0.1, 0.15) is 39.4 Å². The van der Waals surface area contributed by atoms with Crippen LogP contribution in [0.2, 0.25) is 0 Å². The fourth-order valence-electron chi connectivity index (χ4n) is 3.89. The van der Waals surface area contributed by atoms with Gasteiger partial charge in [-0.15, -0.1) is 0 Å². The summed E-state index contributed by atoms with van der Waals surface area (Å²) in [5, 5.41) is 6.76. The van der Waals surface area contributed by atoms with Crippen LogP contribution in [0.25, 0.3) is 6.08 Å². The van der Waals surface area contributed by atoms with E-state index in [4.69, 9.17) is 4.52 Å². The summed E-state index contributed by atoms with van der Waals surface area (Å²) in [4.78, 5) is 29.5. The first-order valence-corrected chi connectivity index (χ1v) is 11.0. The van der Waals surface area contributed by atoms with Crippen molar-refractivity contribution in [1.82, 2.24) is 15.4 Å². The maximum atomic E-state index is 13.1. The highest BCUT2D eigenvalue weighted by atomic mass is 16.5. The summed E-state index contributed by atoms with van der Waals surface area (Å²) in [5.74, 6) is 0.0376. The normalized spacial score (nSPS) is 15.9. The van der Waals surface area contributed by atoms with Gasteiger partial charge in [0.1, 0.15) is 11.8 Å². The van der Waals surface area contributed by atoms with Crippen LogP contribution >= 0.6 is 0 Å². The van der Waals surface area contributed by atoms with Gasteiger partial charge in [0.2, 0.25) is 5.91 Å². The number of amides is 2. The smallest absolute Gasteiger partial charge is 0.274 e. The lowest BCUT2D eigenvalue weighted by Crippen LogP contribution is -2.46. The van der Waals surface area contributed by atoms with Crippen LogP contribution in [0.3, 0.4) is 0 Å². The topological polar surface area (TPSA) is 78.7 Å². The Labute approximate surface area is 193 Å². The molecule has 170 valence electrons. The van der Waals surface area contributed by atoms with E-state index in [1.165, 1.54) is 0 Å². The Morgan fingerprint density at radius 1 is 1.21 bits per heavy atom. The number of hydrogen-bond donors (Lipinski definition) is 1. The first-order valence-electron chi connectivity index (χ1n) is 11.0. The van der Waals surface area contributed by atoms with Gasteiger partial charge in [0.05, 0.1) is 0 Å². The molecule has 1 aliphatic rings. The summed E-state index contributed by atoms with van der Waals surface area (Å²) in [7, 11) is 5.67. The van der Waals surface area contributed by atoms with Crippen LogP contribution < -0.4 is 10.2 Å². The zero-order valence-electron chi connectivity index (χ0n) is 19.1. The maximum Gasteiger partial charge on any atom is 0.274 e. The van der Waals surface area contributed by atoms with Crippen molar-refractivity contribution in [2.24, 2.45) is 0 Å². The fourth-order valence-corrected chi connectivity index (χ4v) is 3.89. The van der Waals surface area contributed by atoms with Crippen molar-refractivity contribution < 1.29 is 14.1 Å². The highest BCUT2D eigenvalue weighted by Gasteiger charge is 2.30. The number of carbonyl (C=O) groups is 2. The van der Waals surface area contributed by atoms with Gasteiger partial charge in [0, 0.05) is 39.3 Å². The zero-order valence-corrected chi connectivity index (χ0v) is 19.1. The number of aromatic nitrogens is 1. The molecule has 0 saturated carbocycles. The standard InChI is InChI=1S/C26H28N4O3/c1-29(2)14-13-19-9-10-20-11-12-22(26(32)30(3)24(20)16-19)27-25(31)23-17-21(33-28-23)15-18-7-5-4-6-8-18/h4-10,13-14,16-17,22H,11-12,15H2,1-3H3,(H,27,31)/b14-13-/t22-/m1/s1. The average Bonchev–Trinajstić information content (AvgIpc) is 3.24. The van der Waals surface area contributed by atoms with Crippen molar-refractivity contribution in [2.75, 3.05) is 26.0 Å². The van der Waals surface area contributed by atoms with E-state index in [2.05, 4.69) is 10.5 Å². The summed E-state index contributed by atoms with van der Waals surface area (Å²) in [5.41, 5.74) is 4.20. The molecule has 0 radical (unpaired) electrons. The average molecular weight is 445 g/mol. The molecule has 0 unspecified atom stereocenters. The molecule has 1 aromatic heterocycles. The van der Waals surface area contributed by atoms with Crippen molar-refractivity contribution in [3.8, 4) is 0 Å². The van der Waals surface area contributed by atoms with Gasteiger partial charge in [-0.05, 0) is 47.9 Å². The highest BCUT2D eigenvalue weighted by Crippen LogP contribution is 2.28. The first-order chi connectivity index (χ1) is 15.9. The summed E-state index contributed by atoms with van der Waals surface area (Å²) >= 11 is 0. The number of benzene rings is 2. The Kier molecular flexibility index (Phi) is 6.58. The lowest BCUT2D eigenvalue weighted by atomic mass is 10.0. The molecule has 7 heteroatoms. The van der Waals surface area contributed by atoms with Crippen LogP contribution in [0.5, 0.6) is 0 Å². The summed E-state index contributed by atoms with van der Waals surface area (Å²) in [6.07, 6.45) is 5.72. The second kappa shape index (κ2) is 9.73. The second-order valence-electron chi connectivity index (χ2n) is 8.47. The van der Waals surface area contributed by atoms with E-state index in [0.717, 1.165) is 22.4 Å². The van der Waals surface area contributed by atoms with Crippen LogP contribution in [0.15, 0.2) is 65.3 Å². The number of aryl methyl sites for hydroxylation is 1. The Morgan fingerprint density at radius 2 is 2.00 bits per heavy atom. The van der Waals surface area contributed by atoms with Gasteiger partial charge in [-0.2, -0.15) is 0 Å². The number of rotatable bonds is 6. The number of carbonyl (C=O) groups excluding carboxylic acids is 2. The number of fused-ring (bicyclic) bond motifs is 1. The molecule has 0 spiro atoms. The first kappa shape index (κ1) is 22.3. The van der Waals surface area contributed by atoms with Crippen molar-refractivity contribution in [3.63, 3.8) is 0 Å². The minimum absolute atomic E-state index is 0.149. The lowest BCUT2D eigenvalue weighted by molar-refractivity contribution is -0.120. The predicted octanol–water partition coefficient (Wildman–Crippen LogP) is 3.51. The molecule has 0 bridgehead atoms. The highest BCUT2D eigenvalue weighted by molar-refractivity contribution is 6.02. The van der Waals surface area contributed by atoms with E-state index < -0.39 is 11.9 Å². The third-order valence-electron chi connectivity index (χ3n) is 5.68. The number of nitrogens with zero attached hydrogens (tertiary/aromatic N) is 3.